The minimum Gasteiger partial charge on any atom is -0.369 e. The molecule has 1 aliphatic heterocycles. The summed E-state index contributed by atoms with van der Waals surface area (Å²) in [6.07, 6.45) is 3.44. The molecule has 0 aromatic heterocycles. The number of amides is 1. The van der Waals surface area contributed by atoms with Gasteiger partial charge in [0.1, 0.15) is 25.0 Å². The molecular formula is C27H34N3O2+. The Morgan fingerprint density at radius 2 is 1.62 bits per heavy atom. The van der Waals surface area contributed by atoms with Gasteiger partial charge in [0.05, 0.1) is 6.04 Å². The lowest BCUT2D eigenvalue weighted by Gasteiger charge is -2.37. The molecule has 0 spiro atoms. The van der Waals surface area contributed by atoms with Gasteiger partial charge in [-0.1, -0.05) is 67.6 Å². The van der Waals surface area contributed by atoms with Crippen molar-refractivity contribution in [3.8, 4) is 0 Å². The minimum atomic E-state index is -0.844. The monoisotopic (exact) mass is 432 g/mol. The maximum absolute atomic E-state index is 13.3. The van der Waals surface area contributed by atoms with E-state index in [0.717, 1.165) is 43.5 Å². The summed E-state index contributed by atoms with van der Waals surface area (Å²) in [7, 11) is 0. The van der Waals surface area contributed by atoms with Gasteiger partial charge in [-0.25, -0.2) is 0 Å². The number of rotatable bonds is 8. The van der Waals surface area contributed by atoms with Crippen LogP contribution in [0.15, 0.2) is 60.7 Å². The fourth-order valence-electron chi connectivity index (χ4n) is 5.86. The lowest BCUT2D eigenvalue weighted by atomic mass is 9.64. The molecule has 32 heavy (non-hydrogen) atoms. The Morgan fingerprint density at radius 3 is 2.16 bits per heavy atom. The lowest BCUT2D eigenvalue weighted by molar-refractivity contribution is -0.506. The zero-order valence-electron chi connectivity index (χ0n) is 19.2. The highest BCUT2D eigenvalue weighted by molar-refractivity contribution is 5.91. The Morgan fingerprint density at radius 1 is 1.03 bits per heavy atom. The van der Waals surface area contributed by atoms with Crippen LogP contribution in [0.2, 0.25) is 0 Å². The Kier molecular flexibility index (Phi) is 6.45. The average molecular weight is 433 g/mol. The molecule has 2 atom stereocenters. The molecule has 0 radical (unpaired) electrons. The normalized spacial score (nSPS) is 21.2. The van der Waals surface area contributed by atoms with E-state index in [0.29, 0.717) is 19.0 Å². The molecular weight excluding hydrogens is 398 g/mol. The lowest BCUT2D eigenvalue weighted by Crippen LogP contribution is -2.48. The van der Waals surface area contributed by atoms with Crippen LogP contribution in [0.25, 0.3) is 0 Å². The number of Topliss-reactive ketones (excluding diaryl/α,β-unsaturated/α-hetero) is 1. The van der Waals surface area contributed by atoms with Crippen LogP contribution in [-0.4, -0.2) is 52.7 Å². The highest BCUT2D eigenvalue weighted by Crippen LogP contribution is 2.48. The van der Waals surface area contributed by atoms with Gasteiger partial charge in [0.2, 0.25) is 11.7 Å². The summed E-state index contributed by atoms with van der Waals surface area (Å²) in [5, 5.41) is 0. The highest BCUT2D eigenvalue weighted by Gasteiger charge is 2.52. The third-order valence-electron chi connectivity index (χ3n) is 7.55. The summed E-state index contributed by atoms with van der Waals surface area (Å²) in [5.41, 5.74) is 7.33. The first-order chi connectivity index (χ1) is 15.5. The van der Waals surface area contributed by atoms with Gasteiger partial charge in [0.15, 0.2) is 5.78 Å². The summed E-state index contributed by atoms with van der Waals surface area (Å²) in [5.74, 6) is 1.30. The average Bonchev–Trinajstić information content (AvgIpc) is 3.43. The topological polar surface area (TPSA) is 66.4 Å². The van der Waals surface area contributed by atoms with Crippen LogP contribution in [0.1, 0.15) is 50.7 Å². The summed E-state index contributed by atoms with van der Waals surface area (Å²) in [6, 6.07) is 20.4. The number of hydrogen-bond acceptors (Lipinski definition) is 3. The fraction of sp³-hybridized carbons (Fsp3) is 0.444. The first kappa shape index (κ1) is 22.3. The molecule has 2 aliphatic rings. The summed E-state index contributed by atoms with van der Waals surface area (Å²) < 4.78 is 2.20. The predicted octanol–water partition coefficient (Wildman–Crippen LogP) is 3.35. The number of hydrogen-bond donors (Lipinski definition) is 1. The van der Waals surface area contributed by atoms with Crippen molar-refractivity contribution in [1.82, 2.24) is 4.90 Å². The smallest absolute Gasteiger partial charge is 0.244 e. The molecule has 1 saturated carbocycles. The van der Waals surface area contributed by atoms with Gasteiger partial charge in [-0.3, -0.25) is 19.1 Å². The van der Waals surface area contributed by atoms with Crippen molar-refractivity contribution in [2.75, 3.05) is 19.6 Å². The molecule has 1 heterocycles. The van der Waals surface area contributed by atoms with Crippen molar-refractivity contribution in [1.29, 1.82) is 0 Å². The predicted molar refractivity (Wildman–Crippen MR) is 127 cm³/mol. The Bertz CT molecular complexity index is 961. The van der Waals surface area contributed by atoms with Crippen molar-refractivity contribution >= 4 is 17.5 Å². The zero-order valence-corrected chi connectivity index (χ0v) is 19.2. The number of carbonyl (C=O) groups is 2. The molecule has 0 bridgehead atoms. The van der Waals surface area contributed by atoms with E-state index in [1.807, 2.05) is 67.6 Å². The van der Waals surface area contributed by atoms with Crippen LogP contribution in [-0.2, 0) is 15.0 Å². The number of nitrogens with zero attached hydrogens (tertiary/aromatic N) is 2. The molecule has 0 saturated heterocycles. The maximum atomic E-state index is 13.3. The van der Waals surface area contributed by atoms with Crippen molar-refractivity contribution in [2.45, 2.75) is 51.0 Å². The molecule has 2 aromatic rings. The molecule has 1 aliphatic carbocycles. The quantitative estimate of drug-likeness (QED) is 0.651. The second-order valence-electron chi connectivity index (χ2n) is 9.12. The van der Waals surface area contributed by atoms with E-state index in [4.69, 9.17) is 5.73 Å². The number of primary amides is 1. The van der Waals surface area contributed by atoms with E-state index in [2.05, 4.69) is 16.4 Å². The second-order valence-corrected chi connectivity index (χ2v) is 9.12. The number of nitrogens with two attached hydrogens (primary N) is 1. The Hall–Kier alpha value is -2.95. The number of amidine groups is 1. The van der Waals surface area contributed by atoms with E-state index >= 15 is 0 Å². The van der Waals surface area contributed by atoms with E-state index in [1.165, 1.54) is 5.84 Å². The molecule has 2 aromatic carbocycles. The van der Waals surface area contributed by atoms with Gasteiger partial charge in [-0.15, -0.1) is 0 Å². The first-order valence-electron chi connectivity index (χ1n) is 11.8. The molecule has 1 amide bonds. The largest absolute Gasteiger partial charge is 0.369 e. The second kappa shape index (κ2) is 9.27. The highest BCUT2D eigenvalue weighted by atomic mass is 16.1. The third-order valence-corrected chi connectivity index (χ3v) is 7.55. The van der Waals surface area contributed by atoms with Crippen LogP contribution < -0.4 is 5.73 Å². The van der Waals surface area contributed by atoms with Crippen molar-refractivity contribution < 1.29 is 14.2 Å². The summed E-state index contributed by atoms with van der Waals surface area (Å²) in [6.45, 7) is 6.36. The van der Waals surface area contributed by atoms with E-state index < -0.39 is 5.41 Å². The van der Waals surface area contributed by atoms with Gasteiger partial charge in [0, 0.05) is 13.3 Å². The Labute approximate surface area is 190 Å². The van der Waals surface area contributed by atoms with Gasteiger partial charge >= 0.3 is 0 Å². The van der Waals surface area contributed by atoms with Crippen LogP contribution in [0.5, 0.6) is 0 Å². The van der Waals surface area contributed by atoms with Crippen molar-refractivity contribution in [2.24, 2.45) is 11.7 Å². The maximum Gasteiger partial charge on any atom is 0.244 e. The number of carbonyl (C=O) groups excluding carboxylic acids is 2. The SMILES string of the molecule is CCC(=O)C[N+]1=C(C)N(C2CCC(C(C(N)=O)(c3ccccc3)c3ccccc3)C2)CC1. The summed E-state index contributed by atoms with van der Waals surface area (Å²) >= 11 is 0. The molecule has 4 rings (SSSR count). The van der Waals surface area contributed by atoms with E-state index in [1.54, 1.807) is 0 Å². The number of ketones is 1. The third kappa shape index (κ3) is 3.85. The van der Waals surface area contributed by atoms with E-state index in [9.17, 15) is 9.59 Å². The van der Waals surface area contributed by atoms with Crippen LogP contribution in [0, 0.1) is 5.92 Å². The Balaban J connectivity index is 1.67. The molecule has 168 valence electrons. The zero-order chi connectivity index (χ0) is 22.7. The van der Waals surface area contributed by atoms with Gasteiger partial charge in [-0.05, 0) is 36.3 Å². The molecule has 2 N–H and O–H groups in total. The van der Waals surface area contributed by atoms with Gasteiger partial charge in [-0.2, -0.15) is 0 Å². The minimum absolute atomic E-state index is 0.119. The summed E-state index contributed by atoms with van der Waals surface area (Å²) in [4.78, 5) is 27.7. The van der Waals surface area contributed by atoms with Crippen LogP contribution in [0.4, 0.5) is 0 Å². The molecule has 2 unspecified atom stereocenters. The fourth-order valence-corrected chi connectivity index (χ4v) is 5.86. The molecule has 1 fully saturated rings. The van der Waals surface area contributed by atoms with Gasteiger partial charge in [0.25, 0.3) is 0 Å². The van der Waals surface area contributed by atoms with E-state index in [-0.39, 0.29) is 17.6 Å². The molecule has 5 heteroatoms. The molecule has 5 nitrogen and oxygen atoms in total. The number of benzene rings is 2. The first-order valence-corrected chi connectivity index (χ1v) is 11.8. The standard InChI is InChI=1S/C27H33N3O2/c1-3-25(31)19-29-16-17-30(20(29)2)24-15-14-23(18-24)27(26(28)32,21-10-6-4-7-11-21)22-12-8-5-9-13-22/h4-13,23-24H,3,14-19H2,1-2H3,(H-,28,32)/p+1. The van der Waals surface area contributed by atoms with Gasteiger partial charge < -0.3 is 5.73 Å². The van der Waals surface area contributed by atoms with Crippen molar-refractivity contribution in [3.05, 3.63) is 71.8 Å². The van der Waals surface area contributed by atoms with Crippen LogP contribution in [0.3, 0.4) is 0 Å². The van der Waals surface area contributed by atoms with Crippen LogP contribution >= 0.6 is 0 Å². The van der Waals surface area contributed by atoms with Crippen molar-refractivity contribution in [3.63, 3.8) is 0 Å².